The molecule has 0 fully saturated rings. The van der Waals surface area contributed by atoms with E-state index in [1.165, 1.54) is 10.8 Å². The van der Waals surface area contributed by atoms with E-state index in [9.17, 15) is 20.0 Å². The number of carbonyl (C=O) groups is 1. The van der Waals surface area contributed by atoms with Crippen molar-refractivity contribution < 1.29 is 19.7 Å². The second-order valence-corrected chi connectivity index (χ2v) is 6.89. The van der Waals surface area contributed by atoms with E-state index in [2.05, 4.69) is 4.74 Å². The van der Waals surface area contributed by atoms with Gasteiger partial charge in [0.2, 0.25) is 5.43 Å². The SMILES string of the molecule is N#Cc1c(Cc2cccc(Cl)c2Cl)ccc2c1c(=O)c(OC(=O)O)cn2CCO. The largest absolute Gasteiger partial charge is 0.511 e. The van der Waals surface area contributed by atoms with Crippen LogP contribution in [0.2, 0.25) is 10.0 Å². The number of fused-ring (bicyclic) bond motifs is 1. The van der Waals surface area contributed by atoms with Crippen LogP contribution >= 0.6 is 23.2 Å². The maximum Gasteiger partial charge on any atom is 0.511 e. The number of pyridine rings is 1. The number of halogens is 2. The van der Waals surface area contributed by atoms with Gasteiger partial charge in [0.1, 0.15) is 6.07 Å². The van der Waals surface area contributed by atoms with E-state index in [1.54, 1.807) is 30.3 Å². The molecule has 0 aliphatic carbocycles. The topological polar surface area (TPSA) is 113 Å². The molecular weight excluding hydrogens is 419 g/mol. The van der Waals surface area contributed by atoms with Gasteiger partial charge in [-0.15, -0.1) is 0 Å². The maximum atomic E-state index is 12.9. The Bertz CT molecular complexity index is 1210. The molecule has 0 radical (unpaired) electrons. The van der Waals surface area contributed by atoms with Gasteiger partial charge in [-0.05, 0) is 23.3 Å². The summed E-state index contributed by atoms with van der Waals surface area (Å²) in [7, 11) is 0. The van der Waals surface area contributed by atoms with E-state index in [0.29, 0.717) is 26.7 Å². The van der Waals surface area contributed by atoms with Crippen molar-refractivity contribution in [3.05, 3.63) is 73.5 Å². The van der Waals surface area contributed by atoms with E-state index in [0.717, 1.165) is 0 Å². The Kier molecular flexibility index (Phi) is 6.09. The number of ether oxygens (including phenoxy) is 1. The summed E-state index contributed by atoms with van der Waals surface area (Å²) < 4.78 is 6.05. The van der Waals surface area contributed by atoms with Gasteiger partial charge < -0.3 is 19.5 Å². The van der Waals surface area contributed by atoms with E-state index in [4.69, 9.17) is 28.3 Å². The predicted octanol–water partition coefficient (Wildman–Crippen LogP) is 3.82. The first-order chi connectivity index (χ1) is 13.9. The number of aromatic nitrogens is 1. The molecule has 29 heavy (non-hydrogen) atoms. The first kappa shape index (κ1) is 20.7. The van der Waals surface area contributed by atoms with Gasteiger partial charge in [0, 0.05) is 13.0 Å². The van der Waals surface area contributed by atoms with Crippen molar-refractivity contribution in [2.75, 3.05) is 6.61 Å². The number of aliphatic hydroxyl groups excluding tert-OH is 1. The first-order valence-electron chi connectivity index (χ1n) is 8.41. The molecular formula is C20H14Cl2N2O5. The summed E-state index contributed by atoms with van der Waals surface area (Å²) >= 11 is 12.3. The third kappa shape index (κ3) is 4.05. The lowest BCUT2D eigenvalue weighted by Crippen LogP contribution is -2.18. The normalized spacial score (nSPS) is 10.7. The molecule has 2 N–H and O–H groups in total. The molecule has 0 spiro atoms. The van der Waals surface area contributed by atoms with Crippen LogP contribution in [0.5, 0.6) is 5.75 Å². The van der Waals surface area contributed by atoms with Gasteiger partial charge in [-0.2, -0.15) is 5.26 Å². The maximum absolute atomic E-state index is 12.9. The number of nitrogens with zero attached hydrogens (tertiary/aromatic N) is 2. The number of aliphatic hydroxyl groups is 1. The van der Waals surface area contributed by atoms with Crippen LogP contribution in [-0.4, -0.2) is 27.5 Å². The molecule has 2 aromatic carbocycles. The molecule has 0 saturated heterocycles. The Morgan fingerprint density at radius 1 is 1.21 bits per heavy atom. The summed E-state index contributed by atoms with van der Waals surface area (Å²) in [6.45, 7) is -0.177. The fourth-order valence-corrected chi connectivity index (χ4v) is 3.51. The van der Waals surface area contributed by atoms with Crippen molar-refractivity contribution in [3.63, 3.8) is 0 Å². The molecule has 7 nitrogen and oxygen atoms in total. The zero-order valence-corrected chi connectivity index (χ0v) is 16.4. The van der Waals surface area contributed by atoms with E-state index in [1.807, 2.05) is 6.07 Å². The van der Waals surface area contributed by atoms with E-state index in [-0.39, 0.29) is 30.5 Å². The minimum atomic E-state index is -1.66. The van der Waals surface area contributed by atoms with Crippen LogP contribution in [0.25, 0.3) is 10.9 Å². The average molecular weight is 433 g/mol. The third-order valence-corrected chi connectivity index (χ3v) is 5.22. The fourth-order valence-electron chi connectivity index (χ4n) is 3.12. The quantitative estimate of drug-likeness (QED) is 0.592. The molecule has 0 bridgehead atoms. The van der Waals surface area contributed by atoms with Crippen molar-refractivity contribution in [2.24, 2.45) is 0 Å². The number of hydrogen-bond acceptors (Lipinski definition) is 5. The summed E-state index contributed by atoms with van der Waals surface area (Å²) in [5.41, 5.74) is 0.908. The van der Waals surface area contributed by atoms with Gasteiger partial charge >= 0.3 is 6.16 Å². The van der Waals surface area contributed by atoms with E-state index < -0.39 is 17.3 Å². The number of benzene rings is 2. The monoisotopic (exact) mass is 432 g/mol. The van der Waals surface area contributed by atoms with Crippen LogP contribution in [0.1, 0.15) is 16.7 Å². The van der Waals surface area contributed by atoms with Crippen molar-refractivity contribution in [1.82, 2.24) is 4.57 Å². The molecule has 0 saturated carbocycles. The molecule has 0 aliphatic heterocycles. The molecule has 1 heterocycles. The van der Waals surface area contributed by atoms with Crippen molar-refractivity contribution >= 4 is 40.3 Å². The Morgan fingerprint density at radius 2 is 1.97 bits per heavy atom. The number of hydrogen-bond donors (Lipinski definition) is 2. The van der Waals surface area contributed by atoms with Crippen LogP contribution in [0.3, 0.4) is 0 Å². The molecule has 3 aromatic rings. The van der Waals surface area contributed by atoms with Crippen LogP contribution in [0, 0.1) is 11.3 Å². The fraction of sp³-hybridized carbons (Fsp3) is 0.150. The molecule has 0 aliphatic rings. The van der Waals surface area contributed by atoms with Gasteiger partial charge in [0.05, 0.1) is 39.3 Å². The molecule has 1 aromatic heterocycles. The summed E-state index contributed by atoms with van der Waals surface area (Å²) in [6.07, 6.45) is -0.219. The van der Waals surface area contributed by atoms with Gasteiger partial charge in [0.15, 0.2) is 5.75 Å². The molecule has 0 unspecified atom stereocenters. The summed E-state index contributed by atoms with van der Waals surface area (Å²) in [5.74, 6) is -0.451. The predicted molar refractivity (Wildman–Crippen MR) is 108 cm³/mol. The zero-order chi connectivity index (χ0) is 21.1. The third-order valence-electron chi connectivity index (χ3n) is 4.37. The summed E-state index contributed by atoms with van der Waals surface area (Å²) in [4.78, 5) is 23.8. The zero-order valence-electron chi connectivity index (χ0n) is 14.9. The summed E-state index contributed by atoms with van der Waals surface area (Å²) in [6, 6.07) is 10.5. The Balaban J connectivity index is 2.28. The lowest BCUT2D eigenvalue weighted by Gasteiger charge is -2.15. The second kappa shape index (κ2) is 8.53. The minimum absolute atomic E-state index is 0.00958. The first-order valence-corrected chi connectivity index (χ1v) is 9.16. The number of carboxylic acid groups (broad SMARTS) is 1. The van der Waals surface area contributed by atoms with Gasteiger partial charge in [-0.25, -0.2) is 4.79 Å². The summed E-state index contributed by atoms with van der Waals surface area (Å²) in [5, 5.41) is 28.7. The minimum Gasteiger partial charge on any atom is -0.449 e. The highest BCUT2D eigenvalue weighted by Gasteiger charge is 2.19. The van der Waals surface area contributed by atoms with E-state index >= 15 is 0 Å². The van der Waals surface area contributed by atoms with Crippen LogP contribution in [0.4, 0.5) is 4.79 Å². The Hall–Kier alpha value is -3.05. The molecule has 3 rings (SSSR count). The smallest absolute Gasteiger partial charge is 0.449 e. The molecule has 148 valence electrons. The highest BCUT2D eigenvalue weighted by atomic mass is 35.5. The number of nitriles is 1. The lowest BCUT2D eigenvalue weighted by atomic mass is 9.96. The van der Waals surface area contributed by atoms with Crippen molar-refractivity contribution in [1.29, 1.82) is 5.26 Å². The molecule has 0 atom stereocenters. The average Bonchev–Trinajstić information content (AvgIpc) is 2.68. The van der Waals surface area contributed by atoms with Crippen molar-refractivity contribution in [2.45, 2.75) is 13.0 Å². The van der Waals surface area contributed by atoms with Gasteiger partial charge in [-0.3, -0.25) is 4.79 Å². The van der Waals surface area contributed by atoms with Crippen LogP contribution < -0.4 is 10.2 Å². The van der Waals surface area contributed by atoms with Gasteiger partial charge in [-0.1, -0.05) is 41.4 Å². The van der Waals surface area contributed by atoms with Gasteiger partial charge in [0.25, 0.3) is 0 Å². The Labute approximate surface area is 174 Å². The highest BCUT2D eigenvalue weighted by Crippen LogP contribution is 2.30. The lowest BCUT2D eigenvalue weighted by molar-refractivity contribution is 0.143. The second-order valence-electron chi connectivity index (χ2n) is 6.10. The standard InChI is InChI=1S/C20H14Cl2N2O5/c21-14-3-1-2-12(18(14)22)8-11-4-5-15-17(13(11)9-23)19(26)16(29-20(27)28)10-24(15)6-7-25/h1-5,10,25H,6-8H2,(H,27,28). The van der Waals surface area contributed by atoms with Crippen LogP contribution in [-0.2, 0) is 13.0 Å². The highest BCUT2D eigenvalue weighted by molar-refractivity contribution is 6.42. The molecule has 0 amide bonds. The van der Waals surface area contributed by atoms with Crippen molar-refractivity contribution in [3.8, 4) is 11.8 Å². The Morgan fingerprint density at radius 3 is 2.62 bits per heavy atom. The molecule has 9 heteroatoms. The number of rotatable bonds is 5. The van der Waals surface area contributed by atoms with Crippen LogP contribution in [0.15, 0.2) is 41.3 Å².